The Morgan fingerprint density at radius 2 is 2.06 bits per heavy atom. The maximum atomic E-state index is 5.86. The quantitative estimate of drug-likeness (QED) is 0.200. The average Bonchev–Trinajstić information content (AvgIpc) is 3.59. The predicted molar refractivity (Wildman–Crippen MR) is 144 cm³/mol. The number of pyridine rings is 1. The molecule has 5 nitrogen and oxygen atoms in total. The molecule has 0 bridgehead atoms. The van der Waals surface area contributed by atoms with Gasteiger partial charge in [-0.15, -0.1) is 17.8 Å². The highest BCUT2D eigenvalue weighted by molar-refractivity contribution is 7.16. The second-order valence-electron chi connectivity index (χ2n) is 8.08. The molecule has 4 aromatic heterocycles. The van der Waals surface area contributed by atoms with E-state index in [-0.39, 0.29) is 0 Å². The van der Waals surface area contributed by atoms with E-state index in [4.69, 9.17) is 12.2 Å². The van der Waals surface area contributed by atoms with Gasteiger partial charge in [0.05, 0.1) is 17.1 Å². The van der Waals surface area contributed by atoms with Crippen LogP contribution >= 0.6 is 11.3 Å². The lowest BCUT2D eigenvalue weighted by molar-refractivity contribution is 1.10. The minimum absolute atomic E-state index is 0.368. The van der Waals surface area contributed by atoms with Crippen molar-refractivity contribution in [2.75, 3.05) is 0 Å². The first-order valence-electron chi connectivity index (χ1n) is 10.8. The lowest BCUT2D eigenvalue weighted by atomic mass is 10.0. The van der Waals surface area contributed by atoms with Gasteiger partial charge in [-0.1, -0.05) is 30.7 Å². The summed E-state index contributed by atoms with van der Waals surface area (Å²) >= 11 is 1.75. The summed E-state index contributed by atoms with van der Waals surface area (Å²) in [6.07, 6.45) is 10.9. The molecule has 5 aromatic rings. The molecule has 166 valence electrons. The molecule has 4 heterocycles. The standard InChI is InChI=1S/C28H23N5S/c1-5-17(12-19(29)6-2)18-13-22-27(32-33-28(22)30-15-18)24-14-21-20(8-7-9-23(21)31-24)26-11-10-25(34-26)16(3)4/h2,5,7-15,31H,3,29H2,1,4H3,(H,30,32,33)/b17-5+,19-12+. The van der Waals surface area contributed by atoms with E-state index in [1.54, 1.807) is 23.6 Å². The van der Waals surface area contributed by atoms with Crippen molar-refractivity contribution in [1.29, 1.82) is 0 Å². The number of thiophene rings is 1. The minimum atomic E-state index is 0.368. The lowest BCUT2D eigenvalue weighted by Gasteiger charge is -2.03. The van der Waals surface area contributed by atoms with Crippen LogP contribution in [0.4, 0.5) is 0 Å². The summed E-state index contributed by atoms with van der Waals surface area (Å²) in [5, 5.41) is 9.64. The van der Waals surface area contributed by atoms with Crippen molar-refractivity contribution in [2.45, 2.75) is 13.8 Å². The normalized spacial score (nSPS) is 12.4. The summed E-state index contributed by atoms with van der Waals surface area (Å²) in [7, 11) is 0. The van der Waals surface area contributed by atoms with Crippen molar-refractivity contribution in [3.63, 3.8) is 0 Å². The van der Waals surface area contributed by atoms with Gasteiger partial charge in [0.15, 0.2) is 5.65 Å². The van der Waals surface area contributed by atoms with Gasteiger partial charge in [0, 0.05) is 43.4 Å². The second kappa shape index (κ2) is 8.54. The molecule has 4 N–H and O–H groups in total. The van der Waals surface area contributed by atoms with E-state index in [2.05, 4.69) is 75.1 Å². The van der Waals surface area contributed by atoms with E-state index < -0.39 is 0 Å². The molecule has 0 spiro atoms. The van der Waals surface area contributed by atoms with Crippen molar-refractivity contribution >= 4 is 44.4 Å². The van der Waals surface area contributed by atoms with Gasteiger partial charge in [-0.3, -0.25) is 5.10 Å². The first kappa shape index (κ1) is 21.5. The Labute approximate surface area is 201 Å². The second-order valence-corrected chi connectivity index (χ2v) is 9.16. The van der Waals surface area contributed by atoms with E-state index in [1.807, 2.05) is 19.9 Å². The highest BCUT2D eigenvalue weighted by Gasteiger charge is 2.15. The summed E-state index contributed by atoms with van der Waals surface area (Å²) in [5.74, 6) is 2.46. The number of hydrogen-bond acceptors (Lipinski definition) is 4. The van der Waals surface area contributed by atoms with Crippen LogP contribution in [0.2, 0.25) is 0 Å². The van der Waals surface area contributed by atoms with Crippen LogP contribution in [-0.2, 0) is 0 Å². The summed E-state index contributed by atoms with van der Waals surface area (Å²) in [6, 6.07) is 14.8. The highest BCUT2D eigenvalue weighted by atomic mass is 32.1. The number of benzene rings is 1. The number of terminal acetylenes is 1. The van der Waals surface area contributed by atoms with Crippen molar-refractivity contribution in [3.05, 3.63) is 83.5 Å². The van der Waals surface area contributed by atoms with Gasteiger partial charge in [-0.25, -0.2) is 4.98 Å². The van der Waals surface area contributed by atoms with Gasteiger partial charge < -0.3 is 10.7 Å². The third kappa shape index (κ3) is 3.72. The third-order valence-corrected chi connectivity index (χ3v) is 7.04. The van der Waals surface area contributed by atoms with Crippen LogP contribution in [0, 0.1) is 12.3 Å². The molecule has 0 aliphatic heterocycles. The summed E-state index contributed by atoms with van der Waals surface area (Å²) in [5.41, 5.74) is 13.8. The van der Waals surface area contributed by atoms with Gasteiger partial charge in [0.2, 0.25) is 0 Å². The largest absolute Gasteiger partial charge is 0.392 e. The lowest BCUT2D eigenvalue weighted by Crippen LogP contribution is -1.94. The highest BCUT2D eigenvalue weighted by Crippen LogP contribution is 2.38. The SMILES string of the molecule is C#C/C(N)=C\C(=C/C)c1cnc2n[nH]c(-c3cc4c(-c5ccc(C(=C)C)s5)cccc4[nH]3)c2c1. The van der Waals surface area contributed by atoms with Crippen LogP contribution in [0.25, 0.3) is 54.9 Å². The van der Waals surface area contributed by atoms with Gasteiger partial charge in [-0.2, -0.15) is 5.10 Å². The molecule has 0 fully saturated rings. The maximum Gasteiger partial charge on any atom is 0.181 e. The summed E-state index contributed by atoms with van der Waals surface area (Å²) in [6.45, 7) is 8.05. The molecule has 0 aliphatic rings. The Kier molecular flexibility index (Phi) is 5.40. The number of aromatic amines is 2. The number of fused-ring (bicyclic) bond motifs is 2. The van der Waals surface area contributed by atoms with E-state index in [1.165, 1.54) is 15.3 Å². The molecule has 0 radical (unpaired) electrons. The molecule has 6 heteroatoms. The summed E-state index contributed by atoms with van der Waals surface area (Å²) in [4.78, 5) is 10.5. The van der Waals surface area contributed by atoms with Crippen molar-refractivity contribution in [3.8, 4) is 34.2 Å². The zero-order valence-electron chi connectivity index (χ0n) is 18.9. The Morgan fingerprint density at radius 1 is 1.21 bits per heavy atom. The Morgan fingerprint density at radius 3 is 2.79 bits per heavy atom. The molecule has 5 rings (SSSR count). The van der Waals surface area contributed by atoms with Crippen LogP contribution < -0.4 is 5.73 Å². The van der Waals surface area contributed by atoms with E-state index in [0.29, 0.717) is 11.3 Å². The Hall–Kier alpha value is -4.34. The molecule has 0 saturated carbocycles. The number of H-pyrrole nitrogens is 2. The number of aromatic nitrogens is 4. The number of rotatable bonds is 5. The van der Waals surface area contributed by atoms with Crippen molar-refractivity contribution in [1.82, 2.24) is 20.2 Å². The van der Waals surface area contributed by atoms with Crippen LogP contribution in [0.15, 0.2) is 73.1 Å². The number of hydrogen-bond donors (Lipinski definition) is 3. The number of nitrogens with two attached hydrogens (primary N) is 1. The number of allylic oxidation sites excluding steroid dienone is 5. The van der Waals surface area contributed by atoms with E-state index in [9.17, 15) is 0 Å². The van der Waals surface area contributed by atoms with Crippen LogP contribution in [0.5, 0.6) is 0 Å². The Bertz CT molecular complexity index is 1670. The maximum absolute atomic E-state index is 5.86. The van der Waals surface area contributed by atoms with Crippen molar-refractivity contribution < 1.29 is 0 Å². The fourth-order valence-electron chi connectivity index (χ4n) is 4.02. The van der Waals surface area contributed by atoms with E-state index >= 15 is 0 Å². The molecule has 0 unspecified atom stereocenters. The average molecular weight is 462 g/mol. The zero-order valence-corrected chi connectivity index (χ0v) is 19.8. The fraction of sp³-hybridized carbons (Fsp3) is 0.0714. The molecular formula is C28H23N5S. The van der Waals surface area contributed by atoms with Gasteiger partial charge >= 0.3 is 0 Å². The van der Waals surface area contributed by atoms with Crippen LogP contribution in [0.3, 0.4) is 0 Å². The topological polar surface area (TPSA) is 83.4 Å². The molecule has 0 aliphatic carbocycles. The third-order valence-electron chi connectivity index (χ3n) is 5.76. The Balaban J connectivity index is 1.63. The first-order chi connectivity index (χ1) is 16.5. The van der Waals surface area contributed by atoms with Gasteiger partial charge in [-0.05, 0) is 61.4 Å². The first-order valence-corrected chi connectivity index (χ1v) is 11.6. The van der Waals surface area contributed by atoms with Gasteiger partial charge in [0.1, 0.15) is 0 Å². The van der Waals surface area contributed by atoms with Crippen LogP contribution in [-0.4, -0.2) is 20.2 Å². The fourth-order valence-corrected chi connectivity index (χ4v) is 4.99. The molecule has 0 amide bonds. The van der Waals surface area contributed by atoms with Gasteiger partial charge in [0.25, 0.3) is 0 Å². The zero-order chi connectivity index (χ0) is 23.8. The summed E-state index contributed by atoms with van der Waals surface area (Å²) < 4.78 is 0. The molecule has 34 heavy (non-hydrogen) atoms. The number of nitrogens with one attached hydrogen (secondary N) is 2. The minimum Gasteiger partial charge on any atom is -0.392 e. The van der Waals surface area contributed by atoms with E-state index in [0.717, 1.165) is 44.4 Å². The predicted octanol–water partition coefficient (Wildman–Crippen LogP) is 6.75. The molecule has 0 atom stereocenters. The molecular weight excluding hydrogens is 438 g/mol. The smallest absolute Gasteiger partial charge is 0.181 e. The number of nitrogens with zero attached hydrogens (tertiary/aromatic N) is 2. The van der Waals surface area contributed by atoms with Crippen molar-refractivity contribution in [2.24, 2.45) is 5.73 Å². The van der Waals surface area contributed by atoms with Crippen LogP contribution in [0.1, 0.15) is 24.3 Å². The molecule has 0 saturated heterocycles. The monoisotopic (exact) mass is 461 g/mol. The molecule has 1 aromatic carbocycles.